The topological polar surface area (TPSA) is 92.8 Å². The van der Waals surface area contributed by atoms with E-state index in [1.54, 1.807) is 7.11 Å². The summed E-state index contributed by atoms with van der Waals surface area (Å²) < 4.78 is 7.56. The zero-order valence-electron chi connectivity index (χ0n) is 18.4. The maximum Gasteiger partial charge on any atom is 0.257 e. The van der Waals surface area contributed by atoms with Crippen molar-refractivity contribution in [2.45, 2.75) is 45.6 Å². The molecule has 1 aliphatic carbocycles. The van der Waals surface area contributed by atoms with E-state index in [1.807, 2.05) is 24.4 Å². The lowest BCUT2D eigenvalue weighted by molar-refractivity contribution is 0.102. The summed E-state index contributed by atoms with van der Waals surface area (Å²) >= 11 is 6.02. The van der Waals surface area contributed by atoms with E-state index in [1.165, 1.54) is 25.1 Å². The third-order valence-electron chi connectivity index (χ3n) is 6.36. The highest BCUT2D eigenvalue weighted by atomic mass is 35.5. The number of halogens is 1. The molecule has 0 bridgehead atoms. The molecule has 7 nitrogen and oxygen atoms in total. The summed E-state index contributed by atoms with van der Waals surface area (Å²) in [6, 6.07) is 7.42. The van der Waals surface area contributed by atoms with E-state index in [0.29, 0.717) is 17.5 Å². The van der Waals surface area contributed by atoms with Crippen molar-refractivity contribution in [3.63, 3.8) is 0 Å². The van der Waals surface area contributed by atoms with Gasteiger partial charge in [-0.3, -0.25) is 9.48 Å². The van der Waals surface area contributed by atoms with E-state index in [-0.39, 0.29) is 22.2 Å². The minimum absolute atomic E-state index is 0.0806. The molecule has 166 valence electrons. The van der Waals surface area contributed by atoms with Crippen LogP contribution in [0.4, 0.5) is 5.69 Å². The number of aromatic nitrogens is 3. The highest BCUT2D eigenvalue weighted by Gasteiger charge is 2.25. The maximum atomic E-state index is 12.7. The number of nitrogens with zero attached hydrogens (tertiary/aromatic N) is 4. The van der Waals surface area contributed by atoms with Crippen LogP contribution >= 0.6 is 11.6 Å². The summed E-state index contributed by atoms with van der Waals surface area (Å²) in [6.07, 6.45) is 8.09. The van der Waals surface area contributed by atoms with Crippen molar-refractivity contribution in [1.29, 1.82) is 5.26 Å². The molecule has 4 rings (SSSR count). The fourth-order valence-corrected chi connectivity index (χ4v) is 4.61. The second kappa shape index (κ2) is 9.17. The number of hydrogen-bond donors (Lipinski definition) is 1. The van der Waals surface area contributed by atoms with Crippen LogP contribution in [0.5, 0.6) is 5.75 Å². The summed E-state index contributed by atoms with van der Waals surface area (Å²) in [7, 11) is 1.56. The van der Waals surface area contributed by atoms with Crippen LogP contribution in [0, 0.1) is 23.2 Å². The van der Waals surface area contributed by atoms with Crippen molar-refractivity contribution in [2.24, 2.45) is 11.8 Å². The number of carbonyl (C=O) groups is 1. The van der Waals surface area contributed by atoms with Crippen molar-refractivity contribution in [3.8, 4) is 11.8 Å². The van der Waals surface area contributed by atoms with Crippen LogP contribution in [0.15, 0.2) is 30.6 Å². The van der Waals surface area contributed by atoms with Gasteiger partial charge in [-0.05, 0) is 49.7 Å². The van der Waals surface area contributed by atoms with Gasteiger partial charge in [-0.25, -0.2) is 4.98 Å². The fraction of sp³-hybridized carbons (Fsp3) is 0.417. The first-order chi connectivity index (χ1) is 15.4. The first kappa shape index (κ1) is 22.1. The van der Waals surface area contributed by atoms with Gasteiger partial charge in [0.15, 0.2) is 5.69 Å². The highest BCUT2D eigenvalue weighted by Crippen LogP contribution is 2.37. The van der Waals surface area contributed by atoms with Gasteiger partial charge in [0.25, 0.3) is 5.91 Å². The lowest BCUT2D eigenvalue weighted by atomic mass is 9.80. The molecule has 0 saturated heterocycles. The SMILES string of the molecule is COc1cc2nn(C3CCC(C(C)C)CC3)cc2cc1NC(=O)c1cnc(C#N)c(Cl)c1. The highest BCUT2D eigenvalue weighted by molar-refractivity contribution is 6.32. The van der Waals surface area contributed by atoms with Gasteiger partial charge in [0.1, 0.15) is 11.8 Å². The van der Waals surface area contributed by atoms with Gasteiger partial charge in [-0.15, -0.1) is 0 Å². The van der Waals surface area contributed by atoms with Crippen molar-refractivity contribution >= 4 is 34.1 Å². The van der Waals surface area contributed by atoms with Gasteiger partial charge in [0, 0.05) is 23.8 Å². The molecule has 1 N–H and O–H groups in total. The van der Waals surface area contributed by atoms with E-state index in [2.05, 4.69) is 28.8 Å². The Labute approximate surface area is 192 Å². The van der Waals surface area contributed by atoms with E-state index in [4.69, 9.17) is 26.7 Å². The largest absolute Gasteiger partial charge is 0.494 e. The standard InChI is InChI=1S/C24H26ClN5O2/c1-14(2)15-4-6-18(7-5-15)30-13-17-9-21(23(32-3)10-20(17)29-30)28-24(31)16-8-19(25)22(11-26)27-12-16/h8-10,12-15,18H,4-7H2,1-3H3,(H,28,31). The number of ether oxygens (including phenoxy) is 1. The number of hydrogen-bond acceptors (Lipinski definition) is 5. The second-order valence-corrected chi connectivity index (χ2v) is 9.06. The van der Waals surface area contributed by atoms with Gasteiger partial charge in [0.2, 0.25) is 0 Å². The lowest BCUT2D eigenvalue weighted by Crippen LogP contribution is -2.21. The number of methoxy groups -OCH3 is 1. The van der Waals surface area contributed by atoms with Gasteiger partial charge < -0.3 is 10.1 Å². The third kappa shape index (κ3) is 4.42. The Bertz CT molecular complexity index is 1190. The van der Waals surface area contributed by atoms with Crippen LogP contribution < -0.4 is 10.1 Å². The molecule has 1 aliphatic rings. The molecule has 0 spiro atoms. The molecule has 2 heterocycles. The van der Waals surface area contributed by atoms with Crippen molar-refractivity contribution < 1.29 is 9.53 Å². The normalized spacial score (nSPS) is 18.5. The Balaban J connectivity index is 1.57. The Hall–Kier alpha value is -3.11. The number of fused-ring (bicyclic) bond motifs is 1. The van der Waals surface area contributed by atoms with Crippen LogP contribution in [0.3, 0.4) is 0 Å². The summed E-state index contributed by atoms with van der Waals surface area (Å²) in [5, 5.41) is 17.7. The van der Waals surface area contributed by atoms with Crippen LogP contribution in [0.1, 0.15) is 61.6 Å². The predicted molar refractivity (Wildman–Crippen MR) is 124 cm³/mol. The molecule has 32 heavy (non-hydrogen) atoms. The quantitative estimate of drug-likeness (QED) is 0.544. The number of rotatable bonds is 5. The number of carbonyl (C=O) groups excluding carboxylic acids is 1. The molecule has 0 radical (unpaired) electrons. The summed E-state index contributed by atoms with van der Waals surface area (Å²) in [5.74, 6) is 1.65. The number of amides is 1. The van der Waals surface area contributed by atoms with Crippen molar-refractivity contribution in [1.82, 2.24) is 14.8 Å². The first-order valence-corrected chi connectivity index (χ1v) is 11.2. The first-order valence-electron chi connectivity index (χ1n) is 10.8. The predicted octanol–water partition coefficient (Wildman–Crippen LogP) is 5.60. The van der Waals surface area contributed by atoms with E-state index in [0.717, 1.165) is 35.6 Å². The number of benzene rings is 1. The minimum atomic E-state index is -0.388. The zero-order valence-corrected chi connectivity index (χ0v) is 19.2. The number of nitrogens with one attached hydrogen (secondary N) is 1. The van der Waals surface area contributed by atoms with Crippen LogP contribution in [0.2, 0.25) is 5.02 Å². The van der Waals surface area contributed by atoms with Crippen LogP contribution in [-0.4, -0.2) is 27.8 Å². The molecule has 3 aromatic rings. The Morgan fingerprint density at radius 3 is 2.66 bits per heavy atom. The molecule has 0 atom stereocenters. The third-order valence-corrected chi connectivity index (χ3v) is 6.65. The molecule has 0 unspecified atom stereocenters. The van der Waals surface area contributed by atoms with Gasteiger partial charge in [0.05, 0.1) is 34.9 Å². The van der Waals surface area contributed by atoms with Crippen molar-refractivity contribution in [3.05, 3.63) is 46.9 Å². The van der Waals surface area contributed by atoms with E-state index < -0.39 is 0 Å². The van der Waals surface area contributed by atoms with Crippen molar-refractivity contribution in [2.75, 3.05) is 12.4 Å². The number of nitriles is 1. The molecule has 1 fully saturated rings. The second-order valence-electron chi connectivity index (χ2n) is 8.65. The summed E-state index contributed by atoms with van der Waals surface area (Å²) in [6.45, 7) is 4.61. The van der Waals surface area contributed by atoms with Gasteiger partial charge in [-0.1, -0.05) is 25.4 Å². The summed E-state index contributed by atoms with van der Waals surface area (Å²) in [5.41, 5.74) is 1.70. The molecule has 1 amide bonds. The molecule has 2 aromatic heterocycles. The van der Waals surface area contributed by atoms with E-state index >= 15 is 0 Å². The smallest absolute Gasteiger partial charge is 0.257 e. The zero-order chi connectivity index (χ0) is 22.8. The fourth-order valence-electron chi connectivity index (χ4n) is 4.40. The number of anilines is 1. The van der Waals surface area contributed by atoms with Crippen LogP contribution in [0.25, 0.3) is 10.9 Å². The maximum absolute atomic E-state index is 12.7. The summed E-state index contributed by atoms with van der Waals surface area (Å²) in [4.78, 5) is 16.7. The monoisotopic (exact) mass is 451 g/mol. The Morgan fingerprint density at radius 1 is 1.28 bits per heavy atom. The number of pyridine rings is 1. The molecule has 1 saturated carbocycles. The average molecular weight is 452 g/mol. The lowest BCUT2D eigenvalue weighted by Gasteiger charge is -2.30. The molecule has 8 heteroatoms. The minimum Gasteiger partial charge on any atom is -0.494 e. The van der Waals surface area contributed by atoms with E-state index in [9.17, 15) is 4.79 Å². The molecule has 0 aliphatic heterocycles. The Kier molecular flexibility index (Phi) is 6.33. The Morgan fingerprint density at radius 2 is 2.03 bits per heavy atom. The molecular weight excluding hydrogens is 426 g/mol. The van der Waals surface area contributed by atoms with Gasteiger partial charge in [-0.2, -0.15) is 10.4 Å². The molecular formula is C24H26ClN5O2. The average Bonchev–Trinajstić information content (AvgIpc) is 3.21. The van der Waals surface area contributed by atoms with Gasteiger partial charge >= 0.3 is 0 Å². The van der Waals surface area contributed by atoms with Crippen LogP contribution in [-0.2, 0) is 0 Å². The molecule has 1 aromatic carbocycles.